The van der Waals surface area contributed by atoms with E-state index in [2.05, 4.69) is 5.32 Å². The minimum absolute atomic E-state index is 0.0223. The molecule has 0 aliphatic heterocycles. The van der Waals surface area contributed by atoms with Crippen molar-refractivity contribution in [1.82, 2.24) is 0 Å². The van der Waals surface area contributed by atoms with E-state index < -0.39 is 11.0 Å². The lowest BCUT2D eigenvalue weighted by molar-refractivity contribution is -0.384. The molecule has 6 nitrogen and oxygen atoms in total. The number of esters is 1. The van der Waals surface area contributed by atoms with Crippen LogP contribution in [0.2, 0.25) is 0 Å². The van der Waals surface area contributed by atoms with Gasteiger partial charge in [0.1, 0.15) is 6.04 Å². The molecule has 1 rings (SSSR count). The van der Waals surface area contributed by atoms with Gasteiger partial charge in [-0.25, -0.2) is 4.79 Å². The van der Waals surface area contributed by atoms with Crippen LogP contribution in [0, 0.1) is 19.6 Å². The number of ether oxygens (including phenoxy) is 1. The molecule has 0 aromatic heterocycles. The second kappa shape index (κ2) is 6.69. The lowest BCUT2D eigenvalue weighted by Crippen LogP contribution is -2.35. The molecule has 1 unspecified atom stereocenters. The maximum Gasteiger partial charge on any atom is 0.328 e. The molecule has 0 radical (unpaired) electrons. The summed E-state index contributed by atoms with van der Waals surface area (Å²) >= 11 is 1.99. The number of benzene rings is 1. The monoisotopic (exact) mass is 378 g/mol. The smallest absolute Gasteiger partial charge is 0.328 e. The van der Waals surface area contributed by atoms with E-state index in [0.29, 0.717) is 9.26 Å². The summed E-state index contributed by atoms with van der Waals surface area (Å²) in [5.74, 6) is -0.317. The standard InChI is InChI=1S/C12H15IN2O4/c1-7(2)11(12(16)19-3)14-10-5-4-8(15(17)18)6-9(10)13/h4-7,11,14H,1-3H3. The van der Waals surface area contributed by atoms with Crippen LogP contribution in [0.5, 0.6) is 0 Å². The van der Waals surface area contributed by atoms with Gasteiger partial charge in [0.25, 0.3) is 5.69 Å². The number of hydrogen-bond acceptors (Lipinski definition) is 5. The molecule has 0 spiro atoms. The minimum atomic E-state index is -0.486. The molecule has 1 aromatic carbocycles. The Morgan fingerprint density at radius 3 is 2.53 bits per heavy atom. The highest BCUT2D eigenvalue weighted by Crippen LogP contribution is 2.25. The Bertz CT molecular complexity index is 491. The normalized spacial score (nSPS) is 12.1. The van der Waals surface area contributed by atoms with E-state index >= 15 is 0 Å². The average molecular weight is 378 g/mol. The zero-order valence-electron chi connectivity index (χ0n) is 10.8. The van der Waals surface area contributed by atoms with E-state index in [1.54, 1.807) is 6.07 Å². The number of anilines is 1. The fourth-order valence-electron chi connectivity index (χ4n) is 1.53. The number of carbonyl (C=O) groups is 1. The third-order valence-electron chi connectivity index (χ3n) is 2.60. The van der Waals surface area contributed by atoms with E-state index in [0.717, 1.165) is 0 Å². The summed E-state index contributed by atoms with van der Waals surface area (Å²) in [6, 6.07) is 3.97. The summed E-state index contributed by atoms with van der Waals surface area (Å²) in [4.78, 5) is 21.9. The molecule has 1 aromatic rings. The number of nitrogens with zero attached hydrogens (tertiary/aromatic N) is 1. The average Bonchev–Trinajstić information content (AvgIpc) is 2.35. The largest absolute Gasteiger partial charge is 0.467 e. The van der Waals surface area contributed by atoms with E-state index in [1.165, 1.54) is 19.2 Å². The van der Waals surface area contributed by atoms with Crippen molar-refractivity contribution in [1.29, 1.82) is 0 Å². The van der Waals surface area contributed by atoms with Crippen LogP contribution in [0.1, 0.15) is 13.8 Å². The van der Waals surface area contributed by atoms with Crippen molar-refractivity contribution in [2.24, 2.45) is 5.92 Å². The molecule has 1 atom stereocenters. The number of hydrogen-bond donors (Lipinski definition) is 1. The molecule has 7 heteroatoms. The maximum absolute atomic E-state index is 11.6. The van der Waals surface area contributed by atoms with E-state index in [4.69, 9.17) is 4.74 Å². The number of methoxy groups -OCH3 is 1. The number of rotatable bonds is 5. The summed E-state index contributed by atoms with van der Waals surface area (Å²) in [6.07, 6.45) is 0. The Hall–Kier alpha value is -1.38. The van der Waals surface area contributed by atoms with Gasteiger partial charge >= 0.3 is 5.97 Å². The second-order valence-corrected chi connectivity index (χ2v) is 5.47. The predicted octanol–water partition coefficient (Wildman–Crippen LogP) is 2.81. The van der Waals surface area contributed by atoms with Crippen LogP contribution in [-0.4, -0.2) is 24.0 Å². The molecular formula is C12H15IN2O4. The zero-order chi connectivity index (χ0) is 14.6. The fourth-order valence-corrected chi connectivity index (χ4v) is 2.18. The number of carbonyl (C=O) groups excluding carboxylic acids is 1. The van der Waals surface area contributed by atoms with Crippen molar-refractivity contribution in [2.75, 3.05) is 12.4 Å². The van der Waals surface area contributed by atoms with Crippen molar-refractivity contribution < 1.29 is 14.5 Å². The van der Waals surface area contributed by atoms with Crippen molar-refractivity contribution >= 4 is 39.9 Å². The zero-order valence-corrected chi connectivity index (χ0v) is 13.0. The van der Waals surface area contributed by atoms with Crippen molar-refractivity contribution in [2.45, 2.75) is 19.9 Å². The number of nitro groups is 1. The molecule has 0 amide bonds. The fraction of sp³-hybridized carbons (Fsp3) is 0.417. The number of nitrogens with one attached hydrogen (secondary N) is 1. The predicted molar refractivity (Wildman–Crippen MR) is 80.1 cm³/mol. The van der Waals surface area contributed by atoms with Gasteiger partial charge < -0.3 is 10.1 Å². The van der Waals surface area contributed by atoms with Crippen LogP contribution in [0.4, 0.5) is 11.4 Å². The highest BCUT2D eigenvalue weighted by atomic mass is 127. The van der Waals surface area contributed by atoms with Crippen LogP contribution >= 0.6 is 22.6 Å². The Labute approximate surface area is 124 Å². The molecule has 0 saturated carbocycles. The molecule has 0 aliphatic rings. The van der Waals surface area contributed by atoms with Crippen molar-refractivity contribution in [3.05, 3.63) is 31.9 Å². The summed E-state index contributed by atoms with van der Waals surface area (Å²) in [7, 11) is 1.33. The maximum atomic E-state index is 11.6. The van der Waals surface area contributed by atoms with Crippen LogP contribution in [0.15, 0.2) is 18.2 Å². The van der Waals surface area contributed by atoms with E-state index in [-0.39, 0.29) is 17.6 Å². The molecule has 0 bridgehead atoms. The Morgan fingerprint density at radius 1 is 1.47 bits per heavy atom. The Morgan fingerprint density at radius 2 is 2.11 bits per heavy atom. The molecule has 0 saturated heterocycles. The Kier molecular flexibility index (Phi) is 5.52. The van der Waals surface area contributed by atoms with Gasteiger partial charge in [-0.3, -0.25) is 10.1 Å². The van der Waals surface area contributed by atoms with Gasteiger partial charge in [0.2, 0.25) is 0 Å². The highest BCUT2D eigenvalue weighted by Gasteiger charge is 2.23. The van der Waals surface area contributed by atoms with Crippen molar-refractivity contribution in [3.63, 3.8) is 0 Å². The lowest BCUT2D eigenvalue weighted by atomic mass is 10.0. The quantitative estimate of drug-likeness (QED) is 0.369. The summed E-state index contributed by atoms with van der Waals surface area (Å²) in [5, 5.41) is 13.7. The van der Waals surface area contributed by atoms with Gasteiger partial charge in [0.05, 0.1) is 12.0 Å². The molecule has 0 heterocycles. The van der Waals surface area contributed by atoms with Gasteiger partial charge in [-0.05, 0) is 34.6 Å². The van der Waals surface area contributed by atoms with Crippen LogP contribution in [0.3, 0.4) is 0 Å². The number of nitro benzene ring substituents is 1. The molecule has 19 heavy (non-hydrogen) atoms. The first kappa shape index (κ1) is 15.7. The molecule has 0 aliphatic carbocycles. The summed E-state index contributed by atoms with van der Waals surface area (Å²) < 4.78 is 5.42. The van der Waals surface area contributed by atoms with Gasteiger partial charge in [-0.15, -0.1) is 0 Å². The first-order chi connectivity index (χ1) is 8.86. The minimum Gasteiger partial charge on any atom is -0.467 e. The molecule has 1 N–H and O–H groups in total. The summed E-state index contributed by atoms with van der Waals surface area (Å²) in [5.41, 5.74) is 0.699. The van der Waals surface area contributed by atoms with Crippen LogP contribution < -0.4 is 5.32 Å². The number of non-ortho nitro benzene ring substituents is 1. The third kappa shape index (κ3) is 4.05. The van der Waals surface area contributed by atoms with Gasteiger partial charge in [0, 0.05) is 21.4 Å². The second-order valence-electron chi connectivity index (χ2n) is 4.31. The molecule has 104 valence electrons. The highest BCUT2D eigenvalue weighted by molar-refractivity contribution is 14.1. The van der Waals surface area contributed by atoms with Crippen LogP contribution in [0.25, 0.3) is 0 Å². The third-order valence-corrected chi connectivity index (χ3v) is 3.49. The molecular weight excluding hydrogens is 363 g/mol. The Balaban J connectivity index is 2.97. The van der Waals surface area contributed by atoms with Crippen molar-refractivity contribution in [3.8, 4) is 0 Å². The first-order valence-electron chi connectivity index (χ1n) is 5.65. The first-order valence-corrected chi connectivity index (χ1v) is 6.73. The molecule has 0 fully saturated rings. The van der Waals surface area contributed by atoms with Crippen LogP contribution in [-0.2, 0) is 9.53 Å². The number of halogens is 1. The van der Waals surface area contributed by atoms with Gasteiger partial charge in [0.15, 0.2) is 0 Å². The van der Waals surface area contributed by atoms with E-state index in [1.807, 2.05) is 36.4 Å². The van der Waals surface area contributed by atoms with E-state index in [9.17, 15) is 14.9 Å². The van der Waals surface area contributed by atoms with Gasteiger partial charge in [-0.1, -0.05) is 13.8 Å². The topological polar surface area (TPSA) is 81.5 Å². The summed E-state index contributed by atoms with van der Waals surface area (Å²) in [6.45, 7) is 3.79. The van der Waals surface area contributed by atoms with Gasteiger partial charge in [-0.2, -0.15) is 0 Å². The lowest BCUT2D eigenvalue weighted by Gasteiger charge is -2.21. The SMILES string of the molecule is COC(=O)C(Nc1ccc([N+](=O)[O-])cc1I)C(C)C.